The maximum Gasteiger partial charge on any atom is 0.122 e. The zero-order chi connectivity index (χ0) is 12.1. The van der Waals surface area contributed by atoms with Gasteiger partial charge in [0.1, 0.15) is 6.17 Å². The Hall–Kier alpha value is -1.09. The van der Waals surface area contributed by atoms with Gasteiger partial charge in [0.25, 0.3) is 0 Å². The number of benzene rings is 1. The summed E-state index contributed by atoms with van der Waals surface area (Å²) in [7, 11) is 0. The predicted octanol–water partition coefficient (Wildman–Crippen LogP) is 3.13. The van der Waals surface area contributed by atoms with Gasteiger partial charge >= 0.3 is 0 Å². The number of anilines is 1. The molecule has 3 heteroatoms. The van der Waals surface area contributed by atoms with Crippen molar-refractivity contribution in [3.63, 3.8) is 0 Å². The Bertz CT molecular complexity index is 329. The van der Waals surface area contributed by atoms with Crippen molar-refractivity contribution in [3.05, 3.63) is 29.8 Å². The predicted molar refractivity (Wildman–Crippen MR) is 70.0 cm³/mol. The Balaban J connectivity index is 1.74. The monoisotopic (exact) mass is 236 g/mol. The summed E-state index contributed by atoms with van der Waals surface area (Å²) in [6.07, 6.45) is 1.61. The zero-order valence-corrected chi connectivity index (χ0v) is 10.4. The SMILES string of the molecule is CC(F)c1ccc(NCCC2CCNC2)cc1. The highest BCUT2D eigenvalue weighted by atomic mass is 19.1. The number of halogens is 1. The zero-order valence-electron chi connectivity index (χ0n) is 10.4. The van der Waals surface area contributed by atoms with Crippen molar-refractivity contribution in [2.24, 2.45) is 5.92 Å². The third-order valence-corrected chi connectivity index (χ3v) is 3.41. The first-order chi connectivity index (χ1) is 8.25. The van der Waals surface area contributed by atoms with Gasteiger partial charge in [-0.1, -0.05) is 12.1 Å². The lowest BCUT2D eigenvalue weighted by atomic mass is 10.1. The summed E-state index contributed by atoms with van der Waals surface area (Å²) in [5.41, 5.74) is 1.83. The minimum Gasteiger partial charge on any atom is -0.385 e. The summed E-state index contributed by atoms with van der Waals surface area (Å²) in [4.78, 5) is 0. The van der Waals surface area contributed by atoms with Crippen molar-refractivity contribution in [1.29, 1.82) is 0 Å². The van der Waals surface area contributed by atoms with Gasteiger partial charge in [-0.15, -0.1) is 0 Å². The standard InChI is InChI=1S/C14H21FN2/c1-11(15)13-2-4-14(5-3-13)17-9-7-12-6-8-16-10-12/h2-5,11-12,16-17H,6-10H2,1H3. The molecule has 17 heavy (non-hydrogen) atoms. The number of alkyl halides is 1. The van der Waals surface area contributed by atoms with E-state index in [9.17, 15) is 4.39 Å². The fourth-order valence-corrected chi connectivity index (χ4v) is 2.25. The molecule has 1 aromatic rings. The summed E-state index contributed by atoms with van der Waals surface area (Å²) in [5, 5.41) is 6.76. The molecule has 1 aromatic carbocycles. The van der Waals surface area contributed by atoms with Gasteiger partial charge in [0.15, 0.2) is 0 Å². The van der Waals surface area contributed by atoms with E-state index in [1.165, 1.54) is 12.8 Å². The molecule has 1 fully saturated rings. The van der Waals surface area contributed by atoms with Crippen LogP contribution in [0.3, 0.4) is 0 Å². The first-order valence-corrected chi connectivity index (χ1v) is 6.44. The normalized spacial score (nSPS) is 21.4. The number of nitrogens with one attached hydrogen (secondary N) is 2. The molecule has 0 amide bonds. The van der Waals surface area contributed by atoms with E-state index in [4.69, 9.17) is 0 Å². The van der Waals surface area contributed by atoms with E-state index in [0.29, 0.717) is 0 Å². The summed E-state index contributed by atoms with van der Waals surface area (Å²) < 4.78 is 13.0. The van der Waals surface area contributed by atoms with E-state index in [1.54, 1.807) is 6.92 Å². The Morgan fingerprint density at radius 2 is 2.18 bits per heavy atom. The van der Waals surface area contributed by atoms with Gasteiger partial charge in [-0.2, -0.15) is 0 Å². The van der Waals surface area contributed by atoms with Gasteiger partial charge < -0.3 is 10.6 Å². The van der Waals surface area contributed by atoms with Gasteiger partial charge in [0, 0.05) is 12.2 Å². The van der Waals surface area contributed by atoms with Gasteiger partial charge in [-0.3, -0.25) is 0 Å². The molecule has 2 nitrogen and oxygen atoms in total. The van der Waals surface area contributed by atoms with Crippen LogP contribution >= 0.6 is 0 Å². The molecule has 2 rings (SSSR count). The Morgan fingerprint density at radius 3 is 2.76 bits per heavy atom. The van der Waals surface area contributed by atoms with Crippen LogP contribution in [0.25, 0.3) is 0 Å². The van der Waals surface area contributed by atoms with Crippen LogP contribution < -0.4 is 10.6 Å². The molecule has 1 saturated heterocycles. The minimum atomic E-state index is -0.881. The molecule has 0 radical (unpaired) electrons. The molecular weight excluding hydrogens is 215 g/mol. The molecule has 1 aliphatic heterocycles. The highest BCUT2D eigenvalue weighted by Gasteiger charge is 2.13. The van der Waals surface area contributed by atoms with E-state index in [2.05, 4.69) is 10.6 Å². The Labute approximate surface area is 103 Å². The molecule has 0 bridgehead atoms. The van der Waals surface area contributed by atoms with E-state index in [1.807, 2.05) is 24.3 Å². The quantitative estimate of drug-likeness (QED) is 0.820. The third-order valence-electron chi connectivity index (χ3n) is 3.41. The van der Waals surface area contributed by atoms with Crippen LogP contribution in [0.2, 0.25) is 0 Å². The van der Waals surface area contributed by atoms with E-state index in [-0.39, 0.29) is 0 Å². The highest BCUT2D eigenvalue weighted by molar-refractivity contribution is 5.44. The third kappa shape index (κ3) is 3.70. The molecule has 2 atom stereocenters. The second kappa shape index (κ2) is 6.01. The van der Waals surface area contributed by atoms with Crippen molar-refractivity contribution in [2.75, 3.05) is 25.0 Å². The van der Waals surface area contributed by atoms with Crippen molar-refractivity contribution in [1.82, 2.24) is 5.32 Å². The van der Waals surface area contributed by atoms with Crippen molar-refractivity contribution < 1.29 is 4.39 Å². The Kier molecular flexibility index (Phi) is 4.37. The molecule has 0 aromatic heterocycles. The fourth-order valence-electron chi connectivity index (χ4n) is 2.25. The fraction of sp³-hybridized carbons (Fsp3) is 0.571. The number of hydrogen-bond donors (Lipinski definition) is 2. The van der Waals surface area contributed by atoms with Crippen LogP contribution in [0.1, 0.15) is 31.5 Å². The number of hydrogen-bond acceptors (Lipinski definition) is 2. The van der Waals surface area contributed by atoms with Crippen LogP contribution in [0, 0.1) is 5.92 Å². The maximum atomic E-state index is 13.0. The van der Waals surface area contributed by atoms with E-state index >= 15 is 0 Å². The van der Waals surface area contributed by atoms with Gasteiger partial charge in [-0.05, 0) is 56.5 Å². The highest BCUT2D eigenvalue weighted by Crippen LogP contribution is 2.19. The molecule has 1 heterocycles. The van der Waals surface area contributed by atoms with Crippen LogP contribution in [-0.2, 0) is 0 Å². The van der Waals surface area contributed by atoms with Crippen molar-refractivity contribution in [2.45, 2.75) is 25.9 Å². The van der Waals surface area contributed by atoms with E-state index < -0.39 is 6.17 Å². The topological polar surface area (TPSA) is 24.1 Å². The molecule has 0 aliphatic carbocycles. The van der Waals surface area contributed by atoms with Crippen LogP contribution in [0.5, 0.6) is 0 Å². The van der Waals surface area contributed by atoms with Gasteiger partial charge in [0.05, 0.1) is 0 Å². The second-order valence-corrected chi connectivity index (χ2v) is 4.81. The van der Waals surface area contributed by atoms with Crippen LogP contribution in [-0.4, -0.2) is 19.6 Å². The molecule has 0 saturated carbocycles. The van der Waals surface area contributed by atoms with Gasteiger partial charge in [-0.25, -0.2) is 4.39 Å². The average Bonchev–Trinajstić information content (AvgIpc) is 2.83. The first kappa shape index (κ1) is 12.4. The number of rotatable bonds is 5. The van der Waals surface area contributed by atoms with Crippen LogP contribution in [0.4, 0.5) is 10.1 Å². The van der Waals surface area contributed by atoms with Crippen molar-refractivity contribution in [3.8, 4) is 0 Å². The molecule has 94 valence electrons. The summed E-state index contributed by atoms with van der Waals surface area (Å²) >= 11 is 0. The Morgan fingerprint density at radius 1 is 1.41 bits per heavy atom. The minimum absolute atomic E-state index is 0.746. The summed E-state index contributed by atoms with van der Waals surface area (Å²) in [6, 6.07) is 7.62. The molecule has 2 N–H and O–H groups in total. The first-order valence-electron chi connectivity index (χ1n) is 6.44. The van der Waals surface area contributed by atoms with E-state index in [0.717, 1.165) is 36.8 Å². The van der Waals surface area contributed by atoms with Crippen molar-refractivity contribution >= 4 is 5.69 Å². The molecular formula is C14H21FN2. The molecule has 0 spiro atoms. The lowest BCUT2D eigenvalue weighted by Crippen LogP contribution is -2.12. The second-order valence-electron chi connectivity index (χ2n) is 4.81. The summed E-state index contributed by atoms with van der Waals surface area (Å²) in [5.74, 6) is 0.813. The smallest absolute Gasteiger partial charge is 0.122 e. The largest absolute Gasteiger partial charge is 0.385 e. The average molecular weight is 236 g/mol. The van der Waals surface area contributed by atoms with Crippen LogP contribution in [0.15, 0.2) is 24.3 Å². The lowest BCUT2D eigenvalue weighted by molar-refractivity contribution is 0.374. The molecule has 1 aliphatic rings. The maximum absolute atomic E-state index is 13.0. The summed E-state index contributed by atoms with van der Waals surface area (Å²) in [6.45, 7) is 4.88. The lowest BCUT2D eigenvalue weighted by Gasteiger charge is -2.11. The van der Waals surface area contributed by atoms with Gasteiger partial charge in [0.2, 0.25) is 0 Å². The molecule has 2 unspecified atom stereocenters.